The molecule has 0 saturated heterocycles. The third kappa shape index (κ3) is 1.85. The van der Waals surface area contributed by atoms with Crippen LogP contribution in [0.1, 0.15) is 0 Å². The van der Waals surface area contributed by atoms with E-state index in [9.17, 15) is 0 Å². The summed E-state index contributed by atoms with van der Waals surface area (Å²) in [5.41, 5.74) is 7.31. The van der Waals surface area contributed by atoms with Crippen molar-refractivity contribution >= 4 is 40.6 Å². The van der Waals surface area contributed by atoms with Crippen LogP contribution in [0.3, 0.4) is 0 Å². The first-order valence-corrected chi connectivity index (χ1v) is 3.95. The summed E-state index contributed by atoms with van der Waals surface area (Å²) in [5.74, 6) is 0. The van der Waals surface area contributed by atoms with Gasteiger partial charge in [-0.1, -0.05) is 11.6 Å². The van der Waals surface area contributed by atoms with Gasteiger partial charge in [0.2, 0.25) is 0 Å². The first-order chi connectivity index (χ1) is 5.77. The van der Waals surface area contributed by atoms with E-state index in [4.69, 9.17) is 17.3 Å². The summed E-state index contributed by atoms with van der Waals surface area (Å²) in [6, 6.07) is 7.24. The molecule has 0 aliphatic rings. The van der Waals surface area contributed by atoms with Crippen molar-refractivity contribution in [3.63, 3.8) is 0 Å². The molecule has 1 aromatic carbocycles. The fourth-order valence-corrected chi connectivity index (χ4v) is 1.31. The molecule has 0 amide bonds. The van der Waals surface area contributed by atoms with Crippen molar-refractivity contribution in [2.45, 2.75) is 0 Å². The lowest BCUT2D eigenvalue weighted by Gasteiger charge is -1.99. The number of benzene rings is 1. The summed E-state index contributed by atoms with van der Waals surface area (Å²) >= 11 is 5.81. The number of pyridine rings is 1. The Hall–Kier alpha value is -0.990. The Morgan fingerprint density at radius 1 is 1.23 bits per heavy atom. The van der Waals surface area contributed by atoms with E-state index in [1.54, 1.807) is 18.3 Å². The van der Waals surface area contributed by atoms with Gasteiger partial charge in [-0.15, -0.1) is 12.4 Å². The number of nitrogens with two attached hydrogens (primary N) is 1. The molecule has 0 aliphatic heterocycles. The molecule has 13 heavy (non-hydrogen) atoms. The Morgan fingerprint density at radius 3 is 2.77 bits per heavy atom. The maximum absolute atomic E-state index is 5.81. The van der Waals surface area contributed by atoms with Crippen LogP contribution in [0.4, 0.5) is 5.69 Å². The second kappa shape index (κ2) is 3.81. The van der Waals surface area contributed by atoms with Gasteiger partial charge in [-0.25, -0.2) is 0 Å². The van der Waals surface area contributed by atoms with Crippen molar-refractivity contribution < 1.29 is 0 Å². The van der Waals surface area contributed by atoms with Gasteiger partial charge in [-0.2, -0.15) is 0 Å². The summed E-state index contributed by atoms with van der Waals surface area (Å²) in [5, 5.41) is 1.59. The molecule has 0 saturated carbocycles. The van der Waals surface area contributed by atoms with E-state index in [2.05, 4.69) is 4.98 Å². The van der Waals surface area contributed by atoms with Gasteiger partial charge in [0.05, 0.1) is 5.52 Å². The minimum atomic E-state index is 0. The fraction of sp³-hybridized carbons (Fsp3) is 0. The molecule has 2 nitrogen and oxygen atoms in total. The lowest BCUT2D eigenvalue weighted by atomic mass is 10.2. The molecule has 1 heterocycles. The normalized spacial score (nSPS) is 9.62. The Balaban J connectivity index is 0.000000845. The summed E-state index contributed by atoms with van der Waals surface area (Å²) in [7, 11) is 0. The van der Waals surface area contributed by atoms with Crippen LogP contribution >= 0.6 is 24.0 Å². The maximum Gasteiger partial charge on any atom is 0.0723 e. The average Bonchev–Trinajstić information content (AvgIpc) is 2.07. The van der Waals surface area contributed by atoms with E-state index in [0.717, 1.165) is 10.9 Å². The van der Waals surface area contributed by atoms with Crippen molar-refractivity contribution in [3.05, 3.63) is 35.5 Å². The van der Waals surface area contributed by atoms with Crippen LogP contribution in [0.15, 0.2) is 30.5 Å². The number of halogens is 2. The van der Waals surface area contributed by atoms with Crippen LogP contribution in [0.25, 0.3) is 10.9 Å². The van der Waals surface area contributed by atoms with Crippen molar-refractivity contribution in [2.24, 2.45) is 0 Å². The number of hydrogen-bond acceptors (Lipinski definition) is 2. The Bertz CT molecular complexity index is 429. The first kappa shape index (κ1) is 10.1. The van der Waals surface area contributed by atoms with Crippen LogP contribution in [-0.4, -0.2) is 4.98 Å². The monoisotopic (exact) mass is 214 g/mol. The third-order valence-corrected chi connectivity index (χ3v) is 1.97. The van der Waals surface area contributed by atoms with E-state index in [1.165, 1.54) is 0 Å². The molecule has 1 aromatic heterocycles. The van der Waals surface area contributed by atoms with Crippen molar-refractivity contribution in [1.29, 1.82) is 0 Å². The fourth-order valence-electron chi connectivity index (χ4n) is 1.14. The molecular formula is C9H8Cl2N2. The quantitative estimate of drug-likeness (QED) is 0.733. The number of anilines is 1. The van der Waals surface area contributed by atoms with Crippen molar-refractivity contribution in [3.8, 4) is 0 Å². The molecule has 68 valence electrons. The maximum atomic E-state index is 5.81. The van der Waals surface area contributed by atoms with Crippen LogP contribution < -0.4 is 5.73 Å². The molecular weight excluding hydrogens is 207 g/mol. The van der Waals surface area contributed by atoms with Crippen LogP contribution in [0, 0.1) is 0 Å². The highest BCUT2D eigenvalue weighted by molar-refractivity contribution is 6.31. The lowest BCUT2D eigenvalue weighted by Crippen LogP contribution is -1.87. The smallest absolute Gasteiger partial charge is 0.0723 e. The molecule has 0 atom stereocenters. The van der Waals surface area contributed by atoms with Gasteiger partial charge in [0.25, 0.3) is 0 Å². The molecule has 2 rings (SSSR count). The molecule has 2 aromatic rings. The second-order valence-corrected chi connectivity index (χ2v) is 3.00. The molecule has 0 radical (unpaired) electrons. The zero-order valence-corrected chi connectivity index (χ0v) is 8.27. The SMILES string of the molecule is Cl.Nc1ccnc2ccc(Cl)cc12. The van der Waals surface area contributed by atoms with Gasteiger partial charge >= 0.3 is 0 Å². The number of aromatic nitrogens is 1. The highest BCUT2D eigenvalue weighted by Gasteiger charge is 1.97. The van der Waals surface area contributed by atoms with E-state index in [-0.39, 0.29) is 12.4 Å². The average molecular weight is 215 g/mol. The summed E-state index contributed by atoms with van der Waals surface area (Å²) in [6.45, 7) is 0. The largest absolute Gasteiger partial charge is 0.398 e. The minimum Gasteiger partial charge on any atom is -0.398 e. The molecule has 0 unspecified atom stereocenters. The Morgan fingerprint density at radius 2 is 2.00 bits per heavy atom. The molecule has 0 bridgehead atoms. The number of nitrogens with zero attached hydrogens (tertiary/aromatic N) is 1. The molecule has 2 N–H and O–H groups in total. The lowest BCUT2D eigenvalue weighted by molar-refractivity contribution is 1.41. The third-order valence-electron chi connectivity index (χ3n) is 1.74. The van der Waals surface area contributed by atoms with E-state index < -0.39 is 0 Å². The highest BCUT2D eigenvalue weighted by Crippen LogP contribution is 2.21. The van der Waals surface area contributed by atoms with E-state index >= 15 is 0 Å². The number of fused-ring (bicyclic) bond motifs is 1. The zero-order chi connectivity index (χ0) is 8.55. The van der Waals surface area contributed by atoms with Gasteiger partial charge in [0, 0.05) is 22.3 Å². The van der Waals surface area contributed by atoms with Crippen molar-refractivity contribution in [2.75, 3.05) is 5.73 Å². The number of nitrogen functional groups attached to an aromatic ring is 1. The van der Waals surface area contributed by atoms with Crippen LogP contribution in [0.5, 0.6) is 0 Å². The van der Waals surface area contributed by atoms with Crippen molar-refractivity contribution in [1.82, 2.24) is 4.98 Å². The van der Waals surface area contributed by atoms with Gasteiger partial charge in [-0.05, 0) is 24.3 Å². The standard InChI is InChI=1S/C9H7ClN2.ClH/c10-6-1-2-9-7(5-6)8(11)3-4-12-9;/h1-5H,(H2,11,12);1H. The Labute approximate surface area is 87.1 Å². The highest BCUT2D eigenvalue weighted by atomic mass is 35.5. The number of rotatable bonds is 0. The van der Waals surface area contributed by atoms with Gasteiger partial charge < -0.3 is 5.73 Å². The van der Waals surface area contributed by atoms with E-state index in [1.807, 2.05) is 12.1 Å². The zero-order valence-electron chi connectivity index (χ0n) is 6.70. The predicted molar refractivity (Wildman–Crippen MR) is 58.4 cm³/mol. The van der Waals surface area contributed by atoms with Gasteiger partial charge in [0.15, 0.2) is 0 Å². The summed E-state index contributed by atoms with van der Waals surface area (Å²) in [6.07, 6.45) is 1.69. The molecule has 0 spiro atoms. The number of hydrogen-bond donors (Lipinski definition) is 1. The van der Waals surface area contributed by atoms with Crippen LogP contribution in [-0.2, 0) is 0 Å². The topological polar surface area (TPSA) is 38.9 Å². The molecule has 0 fully saturated rings. The summed E-state index contributed by atoms with van der Waals surface area (Å²) < 4.78 is 0. The minimum absolute atomic E-state index is 0. The first-order valence-electron chi connectivity index (χ1n) is 3.57. The van der Waals surface area contributed by atoms with E-state index in [0.29, 0.717) is 10.7 Å². The second-order valence-electron chi connectivity index (χ2n) is 2.56. The van der Waals surface area contributed by atoms with Crippen LogP contribution in [0.2, 0.25) is 5.02 Å². The Kier molecular flexibility index (Phi) is 2.96. The molecule has 4 heteroatoms. The summed E-state index contributed by atoms with van der Waals surface area (Å²) in [4.78, 5) is 4.14. The van der Waals surface area contributed by atoms with Gasteiger partial charge in [0.1, 0.15) is 0 Å². The molecule has 0 aliphatic carbocycles. The predicted octanol–water partition coefficient (Wildman–Crippen LogP) is 2.89. The van der Waals surface area contributed by atoms with Gasteiger partial charge in [-0.3, -0.25) is 4.98 Å².